The SMILES string of the molecule is CCOc1ccc(/C=C2\SC(=S)N(c3ccc(Br)cc3)C2=O)cc1OC. The molecular weight excluding hydrogens is 434 g/mol. The molecule has 1 aliphatic rings. The monoisotopic (exact) mass is 449 g/mol. The van der Waals surface area contributed by atoms with Crippen molar-refractivity contribution in [2.45, 2.75) is 6.92 Å². The number of carbonyl (C=O) groups is 1. The highest BCUT2D eigenvalue weighted by molar-refractivity contribution is 9.10. The summed E-state index contributed by atoms with van der Waals surface area (Å²) >= 11 is 10.1. The number of nitrogens with zero attached hydrogens (tertiary/aromatic N) is 1. The van der Waals surface area contributed by atoms with Gasteiger partial charge in [-0.15, -0.1) is 0 Å². The third-order valence-electron chi connectivity index (χ3n) is 3.66. The number of thiocarbonyl (C=S) groups is 1. The third kappa shape index (κ3) is 3.95. The Balaban J connectivity index is 1.89. The number of benzene rings is 2. The molecule has 1 heterocycles. The Bertz CT molecular complexity index is 881. The lowest BCUT2D eigenvalue weighted by molar-refractivity contribution is -0.113. The lowest BCUT2D eigenvalue weighted by atomic mass is 10.2. The summed E-state index contributed by atoms with van der Waals surface area (Å²) in [4.78, 5) is 14.9. The molecule has 2 aromatic rings. The van der Waals surface area contributed by atoms with E-state index in [1.807, 2.05) is 55.5 Å². The molecule has 3 rings (SSSR count). The van der Waals surface area contributed by atoms with Crippen molar-refractivity contribution >= 4 is 61.9 Å². The fourth-order valence-electron chi connectivity index (χ4n) is 2.48. The molecule has 0 unspecified atom stereocenters. The van der Waals surface area contributed by atoms with Crippen molar-refractivity contribution in [3.63, 3.8) is 0 Å². The summed E-state index contributed by atoms with van der Waals surface area (Å²) in [5.41, 5.74) is 1.60. The smallest absolute Gasteiger partial charge is 0.270 e. The Morgan fingerprint density at radius 1 is 1.19 bits per heavy atom. The fourth-order valence-corrected chi connectivity index (χ4v) is 4.04. The maximum Gasteiger partial charge on any atom is 0.270 e. The molecule has 1 amide bonds. The summed E-state index contributed by atoms with van der Waals surface area (Å²) < 4.78 is 12.4. The second kappa shape index (κ2) is 8.24. The van der Waals surface area contributed by atoms with Crippen LogP contribution in [0.2, 0.25) is 0 Å². The molecule has 0 bridgehead atoms. The van der Waals surface area contributed by atoms with Gasteiger partial charge in [-0.05, 0) is 55.0 Å². The van der Waals surface area contributed by atoms with Crippen molar-refractivity contribution in [3.05, 3.63) is 57.4 Å². The Kier molecular flexibility index (Phi) is 6.01. The highest BCUT2D eigenvalue weighted by atomic mass is 79.9. The topological polar surface area (TPSA) is 38.8 Å². The van der Waals surface area contributed by atoms with E-state index in [0.29, 0.717) is 27.3 Å². The summed E-state index contributed by atoms with van der Waals surface area (Å²) in [7, 11) is 1.59. The predicted octanol–water partition coefficient (Wildman–Crippen LogP) is 5.26. The Hall–Kier alpha value is -1.83. The molecule has 0 radical (unpaired) electrons. The van der Waals surface area contributed by atoms with E-state index in [0.717, 1.165) is 15.7 Å². The number of thioether (sulfide) groups is 1. The van der Waals surface area contributed by atoms with Gasteiger partial charge in [0.25, 0.3) is 5.91 Å². The first-order valence-corrected chi connectivity index (χ1v) is 9.89. The first-order valence-electron chi connectivity index (χ1n) is 7.88. The van der Waals surface area contributed by atoms with E-state index in [2.05, 4.69) is 15.9 Å². The number of anilines is 1. The quantitative estimate of drug-likeness (QED) is 0.459. The molecule has 134 valence electrons. The van der Waals surface area contributed by atoms with Crippen LogP contribution in [0.4, 0.5) is 5.69 Å². The van der Waals surface area contributed by atoms with Crippen molar-refractivity contribution in [1.82, 2.24) is 0 Å². The molecule has 0 aliphatic carbocycles. The summed E-state index contributed by atoms with van der Waals surface area (Å²) in [6.45, 7) is 2.47. The van der Waals surface area contributed by atoms with Crippen LogP contribution in [0.25, 0.3) is 6.08 Å². The van der Waals surface area contributed by atoms with E-state index in [4.69, 9.17) is 21.7 Å². The number of rotatable bonds is 5. The molecule has 0 atom stereocenters. The third-order valence-corrected chi connectivity index (χ3v) is 5.49. The summed E-state index contributed by atoms with van der Waals surface area (Å²) in [6.07, 6.45) is 1.82. The van der Waals surface area contributed by atoms with E-state index in [1.54, 1.807) is 12.0 Å². The maximum atomic E-state index is 12.8. The van der Waals surface area contributed by atoms with Crippen molar-refractivity contribution in [2.75, 3.05) is 18.6 Å². The Morgan fingerprint density at radius 2 is 1.92 bits per heavy atom. The molecular formula is C19H16BrNO3S2. The van der Waals surface area contributed by atoms with Crippen LogP contribution in [0.15, 0.2) is 51.8 Å². The van der Waals surface area contributed by atoms with Gasteiger partial charge in [-0.2, -0.15) is 0 Å². The van der Waals surface area contributed by atoms with Crippen molar-refractivity contribution in [1.29, 1.82) is 0 Å². The van der Waals surface area contributed by atoms with E-state index < -0.39 is 0 Å². The first-order chi connectivity index (χ1) is 12.5. The highest BCUT2D eigenvalue weighted by Crippen LogP contribution is 2.37. The van der Waals surface area contributed by atoms with E-state index in [-0.39, 0.29) is 5.91 Å². The maximum absolute atomic E-state index is 12.8. The van der Waals surface area contributed by atoms with Gasteiger partial charge in [0.2, 0.25) is 0 Å². The van der Waals surface area contributed by atoms with Gasteiger partial charge in [-0.3, -0.25) is 9.69 Å². The van der Waals surface area contributed by atoms with Gasteiger partial charge >= 0.3 is 0 Å². The molecule has 26 heavy (non-hydrogen) atoms. The number of ether oxygens (including phenoxy) is 2. The lowest BCUT2D eigenvalue weighted by Crippen LogP contribution is -2.27. The highest BCUT2D eigenvalue weighted by Gasteiger charge is 2.33. The molecule has 0 N–H and O–H groups in total. The Morgan fingerprint density at radius 3 is 2.58 bits per heavy atom. The number of methoxy groups -OCH3 is 1. The largest absolute Gasteiger partial charge is 0.493 e. The minimum Gasteiger partial charge on any atom is -0.493 e. The van der Waals surface area contributed by atoms with E-state index >= 15 is 0 Å². The number of carbonyl (C=O) groups excluding carboxylic acids is 1. The molecule has 1 aliphatic heterocycles. The van der Waals surface area contributed by atoms with Gasteiger partial charge in [0.1, 0.15) is 0 Å². The first kappa shape index (κ1) is 18.9. The van der Waals surface area contributed by atoms with Crippen LogP contribution in [0.3, 0.4) is 0 Å². The zero-order valence-corrected chi connectivity index (χ0v) is 17.4. The normalized spacial score (nSPS) is 15.7. The summed E-state index contributed by atoms with van der Waals surface area (Å²) in [6, 6.07) is 13.1. The number of hydrogen-bond donors (Lipinski definition) is 0. The van der Waals surface area contributed by atoms with Crippen molar-refractivity contribution < 1.29 is 14.3 Å². The van der Waals surface area contributed by atoms with Crippen molar-refractivity contribution in [3.8, 4) is 11.5 Å². The standard InChI is InChI=1S/C19H16BrNO3S2/c1-3-24-15-9-4-12(10-16(15)23-2)11-17-18(22)21(19(25)26-17)14-7-5-13(20)6-8-14/h4-11H,3H2,1-2H3/b17-11-. The fraction of sp³-hybridized carbons (Fsp3) is 0.158. The molecule has 1 fully saturated rings. The van der Waals surface area contributed by atoms with Crippen LogP contribution in [0, 0.1) is 0 Å². The minimum atomic E-state index is -0.129. The zero-order chi connectivity index (χ0) is 18.7. The molecule has 4 nitrogen and oxygen atoms in total. The zero-order valence-electron chi connectivity index (χ0n) is 14.2. The number of amides is 1. The van der Waals surface area contributed by atoms with Gasteiger partial charge in [0, 0.05) is 4.47 Å². The predicted molar refractivity (Wildman–Crippen MR) is 114 cm³/mol. The molecule has 1 saturated heterocycles. The summed E-state index contributed by atoms with van der Waals surface area (Å²) in [5.74, 6) is 1.17. The molecule has 2 aromatic carbocycles. The second-order valence-corrected chi connectivity index (χ2v) is 7.93. The number of hydrogen-bond acceptors (Lipinski definition) is 5. The van der Waals surface area contributed by atoms with Gasteiger partial charge < -0.3 is 9.47 Å². The average Bonchev–Trinajstić information content (AvgIpc) is 2.91. The van der Waals surface area contributed by atoms with E-state index in [9.17, 15) is 4.79 Å². The van der Waals surface area contributed by atoms with Crippen LogP contribution in [-0.4, -0.2) is 23.9 Å². The van der Waals surface area contributed by atoms with Crippen LogP contribution in [-0.2, 0) is 4.79 Å². The molecule has 0 spiro atoms. The van der Waals surface area contributed by atoms with Gasteiger partial charge in [0.05, 0.1) is 24.3 Å². The van der Waals surface area contributed by atoms with Gasteiger partial charge in [-0.1, -0.05) is 46.0 Å². The van der Waals surface area contributed by atoms with E-state index in [1.165, 1.54) is 11.8 Å². The van der Waals surface area contributed by atoms with Crippen LogP contribution >= 0.6 is 39.9 Å². The van der Waals surface area contributed by atoms with Crippen LogP contribution in [0.5, 0.6) is 11.5 Å². The average molecular weight is 450 g/mol. The molecule has 0 aromatic heterocycles. The number of halogens is 1. The lowest BCUT2D eigenvalue weighted by Gasteiger charge is -2.14. The van der Waals surface area contributed by atoms with Crippen LogP contribution < -0.4 is 14.4 Å². The van der Waals surface area contributed by atoms with Gasteiger partial charge in [-0.25, -0.2) is 0 Å². The second-order valence-electron chi connectivity index (χ2n) is 5.34. The minimum absolute atomic E-state index is 0.129. The van der Waals surface area contributed by atoms with Crippen LogP contribution in [0.1, 0.15) is 12.5 Å². The molecule has 7 heteroatoms. The van der Waals surface area contributed by atoms with Gasteiger partial charge in [0.15, 0.2) is 15.8 Å². The molecule has 0 saturated carbocycles. The van der Waals surface area contributed by atoms with Crippen molar-refractivity contribution in [2.24, 2.45) is 0 Å². The summed E-state index contributed by atoms with van der Waals surface area (Å²) in [5, 5.41) is 0. The Labute approximate surface area is 170 Å².